The predicted octanol–water partition coefficient (Wildman–Crippen LogP) is 8.72. The average Bonchev–Trinajstić information content (AvgIpc) is 3.67. The van der Waals surface area contributed by atoms with Gasteiger partial charge in [0.25, 0.3) is 0 Å². The molecule has 4 saturated carbocycles. The molecule has 7 atom stereocenters. The fourth-order valence-corrected chi connectivity index (χ4v) is 21.3. The van der Waals surface area contributed by atoms with Crippen LogP contribution in [-0.4, -0.2) is 40.1 Å². The van der Waals surface area contributed by atoms with Crippen molar-refractivity contribution in [2.45, 2.75) is 177 Å². The normalized spacial score (nSPS) is 38.3. The number of hydrogen-bond acceptors (Lipinski definition) is 3. The van der Waals surface area contributed by atoms with Crippen molar-refractivity contribution < 1.29 is 14.0 Å². The van der Waals surface area contributed by atoms with Crippen molar-refractivity contribution in [1.82, 2.24) is 0 Å². The molecule has 1 saturated heterocycles. The van der Waals surface area contributed by atoms with Crippen LogP contribution in [0.3, 0.4) is 0 Å². The van der Waals surface area contributed by atoms with Gasteiger partial charge in [0.2, 0.25) is 0 Å². The van der Waals surface area contributed by atoms with Crippen LogP contribution in [0.5, 0.6) is 0 Å². The van der Waals surface area contributed by atoms with Gasteiger partial charge in [-0.25, -0.2) is 0 Å². The van der Waals surface area contributed by atoms with E-state index in [-0.39, 0.29) is 6.10 Å². The Kier molecular flexibility index (Phi) is 9.23. The molecule has 4 aliphatic carbocycles. The van der Waals surface area contributed by atoms with Gasteiger partial charge in [0, 0.05) is 0 Å². The quantitative estimate of drug-likeness (QED) is 0.231. The van der Waals surface area contributed by atoms with E-state index in [2.05, 4.69) is 13.1 Å². The summed E-state index contributed by atoms with van der Waals surface area (Å²) in [6.45, 7) is 5.40. The topological polar surface area (TPSA) is 42.0 Å². The zero-order valence-electron chi connectivity index (χ0n) is 23.2. The van der Waals surface area contributed by atoms with E-state index in [9.17, 15) is 5.11 Å². The number of epoxide rings is 1. The van der Waals surface area contributed by atoms with Gasteiger partial charge in [-0.1, -0.05) is 89.9 Å². The van der Waals surface area contributed by atoms with Crippen LogP contribution in [0.15, 0.2) is 0 Å². The number of aliphatic hydroxyl groups excluding tert-OH is 1. The van der Waals surface area contributed by atoms with E-state index in [4.69, 9.17) is 8.85 Å². The van der Waals surface area contributed by atoms with Crippen molar-refractivity contribution in [3.05, 3.63) is 0 Å². The molecule has 5 aliphatic rings. The van der Waals surface area contributed by atoms with E-state index in [1.165, 1.54) is 121 Å². The highest BCUT2D eigenvalue weighted by Gasteiger charge is 2.49. The Labute approximate surface area is 218 Å². The summed E-state index contributed by atoms with van der Waals surface area (Å²) in [5.41, 5.74) is 1.78. The molecule has 1 heterocycles. The summed E-state index contributed by atoms with van der Waals surface area (Å²) in [6, 6.07) is 2.78. The Balaban J connectivity index is 1.29. The number of ether oxygens (including phenoxy) is 1. The van der Waals surface area contributed by atoms with E-state index in [1.54, 1.807) is 0 Å². The number of aliphatic hydroxyl groups is 1. The lowest BCUT2D eigenvalue weighted by Crippen LogP contribution is -2.54. The van der Waals surface area contributed by atoms with Crippen LogP contribution in [-0.2, 0) is 8.85 Å². The van der Waals surface area contributed by atoms with Crippen LogP contribution in [0, 0.1) is 11.8 Å². The largest absolute Gasteiger partial charge is 0.455 e. The molecule has 3 nitrogen and oxygen atoms in total. The maximum atomic E-state index is 10.3. The van der Waals surface area contributed by atoms with Gasteiger partial charge in [0.1, 0.15) is 0 Å². The van der Waals surface area contributed by atoms with Gasteiger partial charge in [-0.05, 0) is 80.2 Å². The molecule has 5 fully saturated rings. The minimum Gasteiger partial charge on any atom is -0.455 e. The second-order valence-electron chi connectivity index (χ2n) is 14.1. The van der Waals surface area contributed by atoms with E-state index in [1.807, 2.05) is 0 Å². The molecule has 5 rings (SSSR count). The van der Waals surface area contributed by atoms with Gasteiger partial charge in [0.05, 0.1) is 18.3 Å². The fourth-order valence-electron chi connectivity index (χ4n) is 8.89. The molecule has 0 radical (unpaired) electrons. The number of hydrogen-bond donors (Lipinski definition) is 1. The highest BCUT2D eigenvalue weighted by molar-refractivity contribution is 6.87. The second kappa shape index (κ2) is 12.0. The first kappa shape index (κ1) is 26.9. The van der Waals surface area contributed by atoms with Crippen molar-refractivity contribution >= 4 is 16.6 Å². The molecule has 5 heteroatoms. The van der Waals surface area contributed by atoms with Crippen molar-refractivity contribution in [1.29, 1.82) is 0 Å². The molecule has 35 heavy (non-hydrogen) atoms. The first-order chi connectivity index (χ1) is 16.9. The van der Waals surface area contributed by atoms with Crippen molar-refractivity contribution in [3.63, 3.8) is 0 Å². The molecule has 0 aromatic rings. The highest BCUT2D eigenvalue weighted by atomic mass is 28.4. The molecule has 0 amide bonds. The molecule has 0 bridgehead atoms. The Morgan fingerprint density at radius 3 is 1.74 bits per heavy atom. The van der Waals surface area contributed by atoms with Gasteiger partial charge < -0.3 is 14.0 Å². The lowest BCUT2D eigenvalue weighted by molar-refractivity contribution is 0.0994. The molecular formula is C30H56O3Si2. The standard InChI is InChI=1S/C30H56O3Si2/c1-34(27-12-5-3-6-13-27,20-18-24-10-9-11-26(31)22-24)33-35(2,28-14-7-4-8-15-28)21-19-25-16-17-29-30(23-25)32-29/h24-31H,3-23H2,1-2H3. The summed E-state index contributed by atoms with van der Waals surface area (Å²) < 4.78 is 13.8. The molecule has 0 aromatic heterocycles. The molecule has 1 N–H and O–H groups in total. The van der Waals surface area contributed by atoms with Gasteiger partial charge in [-0.3, -0.25) is 0 Å². The third-order valence-corrected chi connectivity index (χ3v) is 22.3. The maximum Gasteiger partial charge on any atom is 0.179 e. The second-order valence-corrected chi connectivity index (χ2v) is 22.8. The van der Waals surface area contributed by atoms with Crippen LogP contribution >= 0.6 is 0 Å². The summed E-state index contributed by atoms with van der Waals surface area (Å²) in [5.74, 6) is 1.64. The molecular weight excluding hydrogens is 464 g/mol. The summed E-state index contributed by atoms with van der Waals surface area (Å²) in [4.78, 5) is 0. The summed E-state index contributed by atoms with van der Waals surface area (Å²) in [7, 11) is -3.60. The average molecular weight is 521 g/mol. The van der Waals surface area contributed by atoms with Crippen LogP contribution in [0.1, 0.15) is 122 Å². The third kappa shape index (κ3) is 7.05. The molecule has 202 valence electrons. The minimum absolute atomic E-state index is 0.0373. The first-order valence-corrected chi connectivity index (χ1v) is 21.4. The predicted molar refractivity (Wildman–Crippen MR) is 151 cm³/mol. The Bertz CT molecular complexity index is 628. The summed E-state index contributed by atoms with van der Waals surface area (Å²) in [5, 5.41) is 10.3. The lowest BCUT2D eigenvalue weighted by atomic mass is 9.86. The van der Waals surface area contributed by atoms with Crippen LogP contribution in [0.2, 0.25) is 36.3 Å². The molecule has 0 spiro atoms. The molecule has 7 unspecified atom stereocenters. The minimum atomic E-state index is -1.81. The van der Waals surface area contributed by atoms with Crippen molar-refractivity contribution in [2.24, 2.45) is 11.8 Å². The Morgan fingerprint density at radius 1 is 0.629 bits per heavy atom. The van der Waals surface area contributed by atoms with Crippen LogP contribution in [0.25, 0.3) is 0 Å². The van der Waals surface area contributed by atoms with Gasteiger partial charge in [-0.15, -0.1) is 0 Å². The number of fused-ring (bicyclic) bond motifs is 1. The molecule has 0 aromatic carbocycles. The van der Waals surface area contributed by atoms with Crippen LogP contribution in [0.4, 0.5) is 0 Å². The highest BCUT2D eigenvalue weighted by Crippen LogP contribution is 2.49. The van der Waals surface area contributed by atoms with E-state index in [0.717, 1.165) is 35.8 Å². The van der Waals surface area contributed by atoms with Gasteiger partial charge in [0.15, 0.2) is 16.6 Å². The monoisotopic (exact) mass is 520 g/mol. The maximum absolute atomic E-state index is 10.3. The van der Waals surface area contributed by atoms with Crippen LogP contribution < -0.4 is 0 Å². The van der Waals surface area contributed by atoms with Gasteiger partial charge >= 0.3 is 0 Å². The van der Waals surface area contributed by atoms with E-state index < -0.39 is 16.6 Å². The smallest absolute Gasteiger partial charge is 0.179 e. The zero-order valence-corrected chi connectivity index (χ0v) is 25.2. The van der Waals surface area contributed by atoms with E-state index in [0.29, 0.717) is 12.2 Å². The lowest BCUT2D eigenvalue weighted by Gasteiger charge is -2.49. The van der Waals surface area contributed by atoms with Crippen molar-refractivity contribution in [3.8, 4) is 0 Å². The van der Waals surface area contributed by atoms with Crippen molar-refractivity contribution in [2.75, 3.05) is 0 Å². The van der Waals surface area contributed by atoms with E-state index >= 15 is 0 Å². The Morgan fingerprint density at radius 2 is 1.20 bits per heavy atom. The van der Waals surface area contributed by atoms with Gasteiger partial charge in [-0.2, -0.15) is 0 Å². The Hall–Kier alpha value is 0.314. The zero-order chi connectivity index (χ0) is 24.3. The summed E-state index contributed by atoms with van der Waals surface area (Å²) in [6.07, 6.45) is 27.1. The summed E-state index contributed by atoms with van der Waals surface area (Å²) >= 11 is 0. The first-order valence-electron chi connectivity index (χ1n) is 16.0. The third-order valence-electron chi connectivity index (χ3n) is 11.4. The molecule has 1 aliphatic heterocycles. The fraction of sp³-hybridized carbons (Fsp3) is 1.00. The number of rotatable bonds is 10. The SMILES string of the molecule is C[Si](CCC1CCCC(O)C1)(O[Si](C)(CCC1CCC2OC2C1)C1CCCCC1)C1CCCCC1.